The molecular weight excluding hydrogens is 659 g/mol. The maximum absolute atomic E-state index is 12.7. The van der Waals surface area contributed by atoms with E-state index in [-0.39, 0.29) is 43.5 Å². The van der Waals surface area contributed by atoms with Crippen LogP contribution in [0, 0.1) is 0 Å². The van der Waals surface area contributed by atoms with Crippen molar-refractivity contribution >= 4 is 35.0 Å². The van der Waals surface area contributed by atoms with Crippen LogP contribution in [0.5, 0.6) is 0 Å². The zero-order chi connectivity index (χ0) is 35.4. The average Bonchev–Trinajstić information content (AvgIpc) is 3.17. The van der Waals surface area contributed by atoms with Gasteiger partial charge in [0, 0.05) is 42.0 Å². The molecule has 0 bridgehead atoms. The minimum atomic E-state index is -0.543. The second-order valence-electron chi connectivity index (χ2n) is 12.5. The van der Waals surface area contributed by atoms with Crippen molar-refractivity contribution in [3.05, 3.63) is 150 Å². The lowest BCUT2D eigenvalue weighted by atomic mass is 9.97. The topological polar surface area (TPSA) is 123 Å². The van der Waals surface area contributed by atoms with Gasteiger partial charge in [0.2, 0.25) is 11.8 Å². The number of carbonyl (C=O) groups is 2. The molecular formula is C42H43N3O5S. The number of hydrogen-bond donors (Lipinski definition) is 4. The van der Waals surface area contributed by atoms with Crippen LogP contribution in [-0.4, -0.2) is 28.8 Å². The van der Waals surface area contributed by atoms with Gasteiger partial charge in [0.1, 0.15) is 0 Å². The summed E-state index contributed by atoms with van der Waals surface area (Å²) in [5, 5.41) is 15.3. The third kappa shape index (κ3) is 10.1. The zero-order valence-electron chi connectivity index (χ0n) is 28.4. The smallest absolute Gasteiger partial charge is 0.224 e. The SMILES string of the molecule is Nc1ccccc1NC(=O)CCCC(=O)NCc1ccccc1-c1ccc([C@H]2O[C@@H](CSc3ccccc3)C[C@@H](c3ccc(CO)cc3)O2)cc1. The molecule has 5 aromatic rings. The number of rotatable bonds is 14. The molecule has 0 saturated carbocycles. The van der Waals surface area contributed by atoms with Crippen molar-refractivity contribution in [2.24, 2.45) is 0 Å². The molecule has 0 spiro atoms. The number of nitrogens with two attached hydrogens (primary N) is 1. The highest BCUT2D eigenvalue weighted by atomic mass is 32.2. The summed E-state index contributed by atoms with van der Waals surface area (Å²) in [6, 6.07) is 41.6. The second kappa shape index (κ2) is 17.8. The summed E-state index contributed by atoms with van der Waals surface area (Å²) in [7, 11) is 0. The van der Waals surface area contributed by atoms with Crippen molar-refractivity contribution in [1.29, 1.82) is 0 Å². The van der Waals surface area contributed by atoms with Crippen LogP contribution in [0.4, 0.5) is 11.4 Å². The molecule has 0 unspecified atom stereocenters. The molecule has 1 fully saturated rings. The first-order valence-corrected chi connectivity index (χ1v) is 18.2. The third-order valence-electron chi connectivity index (χ3n) is 8.82. The van der Waals surface area contributed by atoms with Crippen molar-refractivity contribution in [2.45, 2.75) is 62.2 Å². The Morgan fingerprint density at radius 3 is 2.22 bits per heavy atom. The first-order valence-electron chi connectivity index (χ1n) is 17.2. The van der Waals surface area contributed by atoms with Crippen LogP contribution in [0.25, 0.3) is 11.1 Å². The molecule has 1 aliphatic heterocycles. The van der Waals surface area contributed by atoms with E-state index in [0.717, 1.165) is 45.6 Å². The van der Waals surface area contributed by atoms with Gasteiger partial charge in [-0.2, -0.15) is 0 Å². The predicted molar refractivity (Wildman–Crippen MR) is 203 cm³/mol. The van der Waals surface area contributed by atoms with Crippen LogP contribution in [-0.2, 0) is 32.2 Å². The number of aliphatic hydroxyl groups is 1. The van der Waals surface area contributed by atoms with Crippen LogP contribution in [0.2, 0.25) is 0 Å². The lowest BCUT2D eigenvalue weighted by Gasteiger charge is -2.36. The van der Waals surface area contributed by atoms with E-state index in [1.54, 1.807) is 23.9 Å². The standard InChI is InChI=1S/C42H43N3O5S/c43-37-13-6-7-14-38(37)45-41(48)16-8-15-40(47)44-26-33-9-4-5-12-36(33)30-21-23-32(24-22-30)42-49-34(28-51-35-10-2-1-3-11-35)25-39(50-42)31-19-17-29(27-46)18-20-31/h1-7,9-14,17-24,34,39,42,46H,8,15-16,25-28,43H2,(H,44,47)(H,45,48)/t34-,39+,42+/m1/s1. The Bertz CT molecular complexity index is 1890. The Hall–Kier alpha value is -4.93. The van der Waals surface area contributed by atoms with E-state index in [4.69, 9.17) is 15.2 Å². The number of aliphatic hydroxyl groups excluding tert-OH is 1. The molecule has 0 aromatic heterocycles. The van der Waals surface area contributed by atoms with Gasteiger partial charge in [0.05, 0.1) is 30.2 Å². The Balaban J connectivity index is 1.07. The number of nitrogens with one attached hydrogen (secondary N) is 2. The predicted octanol–water partition coefficient (Wildman–Crippen LogP) is 8.19. The summed E-state index contributed by atoms with van der Waals surface area (Å²) in [6.07, 6.45) is 0.895. The zero-order valence-corrected chi connectivity index (χ0v) is 29.2. The van der Waals surface area contributed by atoms with Crippen molar-refractivity contribution in [1.82, 2.24) is 5.32 Å². The number of nitrogen functional groups attached to an aromatic ring is 1. The van der Waals surface area contributed by atoms with Crippen LogP contribution >= 0.6 is 11.8 Å². The molecule has 1 aliphatic rings. The second-order valence-corrected chi connectivity index (χ2v) is 13.6. The van der Waals surface area contributed by atoms with Gasteiger partial charge in [0.25, 0.3) is 0 Å². The van der Waals surface area contributed by atoms with Crippen molar-refractivity contribution < 1.29 is 24.2 Å². The molecule has 5 N–H and O–H groups in total. The molecule has 5 aromatic carbocycles. The highest BCUT2D eigenvalue weighted by molar-refractivity contribution is 7.99. The van der Waals surface area contributed by atoms with E-state index in [0.29, 0.717) is 24.3 Å². The van der Waals surface area contributed by atoms with Crippen LogP contribution in [0.15, 0.2) is 132 Å². The van der Waals surface area contributed by atoms with Crippen LogP contribution < -0.4 is 16.4 Å². The molecule has 1 heterocycles. The van der Waals surface area contributed by atoms with Gasteiger partial charge in [-0.3, -0.25) is 9.59 Å². The van der Waals surface area contributed by atoms with E-state index in [2.05, 4.69) is 34.9 Å². The Labute approximate surface area is 303 Å². The summed E-state index contributed by atoms with van der Waals surface area (Å²) in [5.41, 5.74) is 12.9. The Morgan fingerprint density at radius 2 is 1.45 bits per heavy atom. The molecule has 51 heavy (non-hydrogen) atoms. The van der Waals surface area contributed by atoms with Crippen molar-refractivity contribution in [3.8, 4) is 11.1 Å². The van der Waals surface area contributed by atoms with E-state index in [9.17, 15) is 14.7 Å². The summed E-state index contributed by atoms with van der Waals surface area (Å²) in [6.45, 7) is 0.373. The number of para-hydroxylation sites is 2. The van der Waals surface area contributed by atoms with Gasteiger partial charge >= 0.3 is 0 Å². The van der Waals surface area contributed by atoms with Crippen molar-refractivity contribution in [2.75, 3.05) is 16.8 Å². The largest absolute Gasteiger partial charge is 0.397 e. The summed E-state index contributed by atoms with van der Waals surface area (Å²) in [5.74, 6) is 0.508. The fraction of sp³-hybridized carbons (Fsp3) is 0.238. The molecule has 0 radical (unpaired) electrons. The fourth-order valence-electron chi connectivity index (χ4n) is 6.02. The fourth-order valence-corrected chi connectivity index (χ4v) is 6.96. The minimum Gasteiger partial charge on any atom is -0.397 e. The van der Waals surface area contributed by atoms with Gasteiger partial charge in [-0.1, -0.05) is 103 Å². The quantitative estimate of drug-likeness (QED) is 0.0680. The normalized spacial score (nSPS) is 17.1. The number of thioether (sulfide) groups is 1. The maximum atomic E-state index is 12.7. The molecule has 2 amide bonds. The summed E-state index contributed by atoms with van der Waals surface area (Å²) < 4.78 is 13.1. The molecule has 8 nitrogen and oxygen atoms in total. The number of carbonyl (C=O) groups excluding carboxylic acids is 2. The average molecular weight is 702 g/mol. The first kappa shape index (κ1) is 35.9. The van der Waals surface area contributed by atoms with Crippen LogP contribution in [0.1, 0.15) is 60.3 Å². The van der Waals surface area contributed by atoms with Crippen molar-refractivity contribution in [3.63, 3.8) is 0 Å². The number of hydrogen-bond acceptors (Lipinski definition) is 7. The highest BCUT2D eigenvalue weighted by Gasteiger charge is 2.32. The molecule has 1 saturated heterocycles. The van der Waals surface area contributed by atoms with Gasteiger partial charge in [-0.05, 0) is 58.5 Å². The molecule has 6 rings (SSSR count). The first-order chi connectivity index (χ1) is 24.9. The van der Waals surface area contributed by atoms with Gasteiger partial charge < -0.3 is 30.9 Å². The Morgan fingerprint density at radius 1 is 0.765 bits per heavy atom. The molecule has 262 valence electrons. The van der Waals surface area contributed by atoms with Gasteiger partial charge in [-0.25, -0.2) is 0 Å². The highest BCUT2D eigenvalue weighted by Crippen LogP contribution is 2.40. The minimum absolute atomic E-state index is 0.00192. The molecule has 0 aliphatic carbocycles. The summed E-state index contributed by atoms with van der Waals surface area (Å²) >= 11 is 1.78. The number of amides is 2. The Kier molecular flexibility index (Phi) is 12.5. The van der Waals surface area contributed by atoms with E-state index >= 15 is 0 Å². The van der Waals surface area contributed by atoms with E-state index in [1.807, 2.05) is 91.0 Å². The number of anilines is 2. The van der Waals surface area contributed by atoms with E-state index < -0.39 is 6.29 Å². The number of benzene rings is 5. The van der Waals surface area contributed by atoms with Gasteiger partial charge in [0.15, 0.2) is 6.29 Å². The monoisotopic (exact) mass is 701 g/mol. The summed E-state index contributed by atoms with van der Waals surface area (Å²) in [4.78, 5) is 26.2. The lowest BCUT2D eigenvalue weighted by Crippen LogP contribution is -2.31. The molecule has 3 atom stereocenters. The maximum Gasteiger partial charge on any atom is 0.224 e. The third-order valence-corrected chi connectivity index (χ3v) is 9.97. The molecule has 9 heteroatoms. The lowest BCUT2D eigenvalue weighted by molar-refractivity contribution is -0.245. The van der Waals surface area contributed by atoms with Crippen LogP contribution in [0.3, 0.4) is 0 Å². The van der Waals surface area contributed by atoms with Gasteiger partial charge in [-0.15, -0.1) is 11.8 Å². The number of ether oxygens (including phenoxy) is 2. The van der Waals surface area contributed by atoms with E-state index in [1.165, 1.54) is 4.90 Å².